The molecule has 1 aromatic rings. The summed E-state index contributed by atoms with van der Waals surface area (Å²) < 4.78 is 51.3. The van der Waals surface area contributed by atoms with Gasteiger partial charge < -0.3 is 10.0 Å². The summed E-state index contributed by atoms with van der Waals surface area (Å²) >= 11 is 0. The zero-order chi connectivity index (χ0) is 14.8. The predicted octanol–water partition coefficient (Wildman–Crippen LogP) is 3.66. The molecular weight excluding hydrogens is 262 g/mol. The fourth-order valence-electron chi connectivity index (χ4n) is 1.76. The van der Waals surface area contributed by atoms with E-state index in [1.165, 1.54) is 19.1 Å². The zero-order valence-electron chi connectivity index (χ0n) is 11.0. The highest BCUT2D eigenvalue weighted by molar-refractivity contribution is 5.50. The second kappa shape index (κ2) is 5.77. The van der Waals surface area contributed by atoms with Gasteiger partial charge in [0.2, 0.25) is 0 Å². The molecule has 0 heterocycles. The van der Waals surface area contributed by atoms with Gasteiger partial charge in [-0.05, 0) is 38.5 Å². The van der Waals surface area contributed by atoms with Crippen molar-refractivity contribution in [1.29, 1.82) is 0 Å². The van der Waals surface area contributed by atoms with Crippen molar-refractivity contribution in [2.45, 2.75) is 39.1 Å². The number of rotatable bonds is 4. The van der Waals surface area contributed by atoms with E-state index in [2.05, 4.69) is 0 Å². The first-order valence-corrected chi connectivity index (χ1v) is 5.92. The van der Waals surface area contributed by atoms with Gasteiger partial charge in [0.15, 0.2) is 0 Å². The van der Waals surface area contributed by atoms with Gasteiger partial charge >= 0.3 is 6.18 Å². The maximum atomic E-state index is 13.9. The van der Waals surface area contributed by atoms with Crippen LogP contribution in [0.5, 0.6) is 0 Å². The Morgan fingerprint density at radius 2 is 1.79 bits per heavy atom. The molecule has 6 heteroatoms. The lowest BCUT2D eigenvalue weighted by atomic mass is 10.1. The largest absolute Gasteiger partial charge is 0.405 e. The minimum Gasteiger partial charge on any atom is -0.389 e. The molecule has 0 aliphatic rings. The Morgan fingerprint density at radius 1 is 1.21 bits per heavy atom. The average molecular weight is 279 g/mol. The van der Waals surface area contributed by atoms with E-state index in [0.29, 0.717) is 5.56 Å². The van der Waals surface area contributed by atoms with E-state index in [1.54, 1.807) is 13.8 Å². The third-order valence-electron chi connectivity index (χ3n) is 2.74. The number of alkyl halides is 3. The van der Waals surface area contributed by atoms with Gasteiger partial charge in [0, 0.05) is 6.04 Å². The summed E-state index contributed by atoms with van der Waals surface area (Å²) in [7, 11) is 0. The molecular formula is C13H17F4NO. The van der Waals surface area contributed by atoms with Gasteiger partial charge in [-0.15, -0.1) is 0 Å². The number of nitrogens with zero attached hydrogens (tertiary/aromatic N) is 1. The highest BCUT2D eigenvalue weighted by Gasteiger charge is 2.33. The normalized spacial score (nSPS) is 13.7. The molecule has 1 atom stereocenters. The second-order valence-corrected chi connectivity index (χ2v) is 4.72. The van der Waals surface area contributed by atoms with Crippen molar-refractivity contribution in [3.05, 3.63) is 29.6 Å². The van der Waals surface area contributed by atoms with Crippen molar-refractivity contribution >= 4 is 5.69 Å². The van der Waals surface area contributed by atoms with Crippen LogP contribution in [-0.2, 0) is 0 Å². The van der Waals surface area contributed by atoms with E-state index in [9.17, 15) is 22.7 Å². The lowest BCUT2D eigenvalue weighted by Crippen LogP contribution is -2.39. The molecule has 0 aliphatic carbocycles. The topological polar surface area (TPSA) is 23.5 Å². The maximum absolute atomic E-state index is 13.9. The van der Waals surface area contributed by atoms with Crippen LogP contribution in [0.15, 0.2) is 18.2 Å². The van der Waals surface area contributed by atoms with Crippen molar-refractivity contribution in [2.24, 2.45) is 0 Å². The van der Waals surface area contributed by atoms with Crippen LogP contribution in [0.4, 0.5) is 23.2 Å². The molecule has 0 aromatic heterocycles. The third-order valence-corrected chi connectivity index (χ3v) is 2.74. The number of halogens is 4. The van der Waals surface area contributed by atoms with Gasteiger partial charge in [-0.1, -0.05) is 6.07 Å². The molecule has 0 bridgehead atoms. The number of hydrogen-bond donors (Lipinski definition) is 1. The van der Waals surface area contributed by atoms with E-state index in [4.69, 9.17) is 0 Å². The standard InChI is InChI=1S/C13H17F4NO/c1-8(2)18(7-13(15,16)17)12-5-4-10(9(3)19)6-11(12)14/h4-6,8-9,19H,7H2,1-3H3/t9-/m0/s1. The van der Waals surface area contributed by atoms with Crippen molar-refractivity contribution in [3.63, 3.8) is 0 Å². The van der Waals surface area contributed by atoms with E-state index in [-0.39, 0.29) is 5.69 Å². The van der Waals surface area contributed by atoms with E-state index >= 15 is 0 Å². The van der Waals surface area contributed by atoms with Crippen LogP contribution in [0, 0.1) is 5.82 Å². The zero-order valence-corrected chi connectivity index (χ0v) is 11.0. The molecule has 0 aliphatic heterocycles. The van der Waals surface area contributed by atoms with Gasteiger partial charge in [-0.25, -0.2) is 4.39 Å². The number of benzene rings is 1. The Kier molecular flexibility index (Phi) is 4.79. The summed E-state index contributed by atoms with van der Waals surface area (Å²) in [5, 5.41) is 9.31. The van der Waals surface area contributed by atoms with E-state index in [0.717, 1.165) is 11.0 Å². The first kappa shape index (κ1) is 15.8. The van der Waals surface area contributed by atoms with Crippen molar-refractivity contribution in [3.8, 4) is 0 Å². The molecule has 0 fully saturated rings. The molecule has 0 radical (unpaired) electrons. The lowest BCUT2D eigenvalue weighted by Gasteiger charge is -2.30. The summed E-state index contributed by atoms with van der Waals surface area (Å²) in [4.78, 5) is 0.946. The Morgan fingerprint density at radius 3 is 2.16 bits per heavy atom. The van der Waals surface area contributed by atoms with Gasteiger partial charge in [0.1, 0.15) is 12.4 Å². The fraction of sp³-hybridized carbons (Fsp3) is 0.538. The molecule has 2 nitrogen and oxygen atoms in total. The summed E-state index contributed by atoms with van der Waals surface area (Å²) in [6.07, 6.45) is -5.27. The number of anilines is 1. The highest BCUT2D eigenvalue weighted by Crippen LogP contribution is 2.28. The maximum Gasteiger partial charge on any atom is 0.405 e. The van der Waals surface area contributed by atoms with E-state index in [1.807, 2.05) is 0 Å². The first-order chi connectivity index (χ1) is 8.61. The Balaban J connectivity index is 3.10. The van der Waals surface area contributed by atoms with Crippen LogP contribution in [-0.4, -0.2) is 23.9 Å². The van der Waals surface area contributed by atoms with Crippen LogP contribution < -0.4 is 4.90 Å². The van der Waals surface area contributed by atoms with Crippen LogP contribution in [0.3, 0.4) is 0 Å². The third kappa shape index (κ3) is 4.38. The fourth-order valence-corrected chi connectivity index (χ4v) is 1.76. The molecule has 0 saturated carbocycles. The molecule has 1 rings (SSSR count). The van der Waals surface area contributed by atoms with Crippen LogP contribution in [0.25, 0.3) is 0 Å². The molecule has 1 aromatic carbocycles. The van der Waals surface area contributed by atoms with Crippen molar-refractivity contribution in [1.82, 2.24) is 0 Å². The summed E-state index contributed by atoms with van der Waals surface area (Å²) in [5.41, 5.74) is 0.216. The number of aliphatic hydroxyl groups is 1. The summed E-state index contributed by atoms with van der Waals surface area (Å²) in [6, 6.07) is 3.26. The van der Waals surface area contributed by atoms with Crippen molar-refractivity contribution < 1.29 is 22.7 Å². The molecule has 108 valence electrons. The molecule has 0 saturated heterocycles. The smallest absolute Gasteiger partial charge is 0.389 e. The molecule has 0 amide bonds. The van der Waals surface area contributed by atoms with Gasteiger partial charge in [-0.3, -0.25) is 0 Å². The van der Waals surface area contributed by atoms with Crippen LogP contribution in [0.2, 0.25) is 0 Å². The monoisotopic (exact) mass is 279 g/mol. The molecule has 0 spiro atoms. The highest BCUT2D eigenvalue weighted by atomic mass is 19.4. The Hall–Kier alpha value is -1.30. The van der Waals surface area contributed by atoms with E-state index < -0.39 is 30.7 Å². The Labute approximate surface area is 109 Å². The van der Waals surface area contributed by atoms with Gasteiger partial charge in [0.25, 0.3) is 0 Å². The van der Waals surface area contributed by atoms with Crippen LogP contribution in [0.1, 0.15) is 32.4 Å². The Bertz CT molecular complexity index is 429. The molecule has 0 unspecified atom stereocenters. The minimum absolute atomic E-state index is 0.114. The predicted molar refractivity (Wildman–Crippen MR) is 65.6 cm³/mol. The SMILES string of the molecule is CC(C)N(CC(F)(F)F)c1ccc([C@H](C)O)cc1F. The lowest BCUT2D eigenvalue weighted by molar-refractivity contribution is -0.120. The van der Waals surface area contributed by atoms with Crippen LogP contribution >= 0.6 is 0 Å². The van der Waals surface area contributed by atoms with Gasteiger partial charge in [0.05, 0.1) is 11.8 Å². The first-order valence-electron chi connectivity index (χ1n) is 5.92. The molecule has 1 N–H and O–H groups in total. The quantitative estimate of drug-likeness (QED) is 0.850. The minimum atomic E-state index is -4.40. The second-order valence-electron chi connectivity index (χ2n) is 4.72. The summed E-state index contributed by atoms with van der Waals surface area (Å²) in [5.74, 6) is -0.767. The van der Waals surface area contributed by atoms with Gasteiger partial charge in [-0.2, -0.15) is 13.2 Å². The molecule has 19 heavy (non-hydrogen) atoms. The number of hydrogen-bond acceptors (Lipinski definition) is 2. The summed E-state index contributed by atoms with van der Waals surface area (Å²) in [6.45, 7) is 3.38. The van der Waals surface area contributed by atoms with Crippen molar-refractivity contribution in [2.75, 3.05) is 11.4 Å². The number of aliphatic hydroxyl groups excluding tert-OH is 1. The average Bonchev–Trinajstić information content (AvgIpc) is 2.24.